The number of allylic oxidation sites excluding steroid dienone is 1. The Hall–Kier alpha value is 0.650. The first-order chi connectivity index (χ1) is 12.1. The molecule has 0 saturated heterocycles. The van der Waals surface area contributed by atoms with E-state index in [4.69, 9.17) is 0 Å². The normalized spacial score (nSPS) is 11.8. The fourth-order valence-electron chi connectivity index (χ4n) is 3.11. The van der Waals surface area contributed by atoms with Crippen LogP contribution in [0.3, 0.4) is 0 Å². The van der Waals surface area contributed by atoms with Crippen molar-refractivity contribution in [3.63, 3.8) is 0 Å². The molecule has 0 radical (unpaired) electrons. The first kappa shape index (κ1) is 28.9. The number of hydrogen-bond acceptors (Lipinski definition) is 3. The molecule has 0 atom stereocenters. The van der Waals surface area contributed by atoms with Gasteiger partial charge in [0.25, 0.3) is 0 Å². The SMILES string of the molecule is CCCCCCCCCCCCCCCCCC/C=C/CS(=O)(=O)[O-].[Na+]. The second-order valence-electron chi connectivity index (χ2n) is 7.29. The molecule has 0 aromatic heterocycles. The van der Waals surface area contributed by atoms with Crippen molar-refractivity contribution in [1.29, 1.82) is 0 Å². The zero-order valence-corrected chi connectivity index (χ0v) is 20.3. The van der Waals surface area contributed by atoms with Crippen LogP contribution in [0.15, 0.2) is 12.2 Å². The molecule has 0 saturated carbocycles. The summed E-state index contributed by atoms with van der Waals surface area (Å²) in [4.78, 5) is 0. The average molecular weight is 397 g/mol. The molecule has 0 aliphatic carbocycles. The molecular weight excluding hydrogens is 355 g/mol. The quantitative estimate of drug-likeness (QED) is 0.145. The Balaban J connectivity index is 0. The van der Waals surface area contributed by atoms with Crippen molar-refractivity contribution in [2.75, 3.05) is 5.75 Å². The maximum Gasteiger partial charge on any atom is 1.00 e. The van der Waals surface area contributed by atoms with Crippen LogP contribution in [-0.2, 0) is 10.1 Å². The van der Waals surface area contributed by atoms with Crippen LogP contribution in [0, 0.1) is 0 Å². The molecule has 0 fully saturated rings. The Morgan fingerprint density at radius 1 is 0.615 bits per heavy atom. The molecule has 0 aromatic carbocycles. The Morgan fingerprint density at radius 3 is 1.31 bits per heavy atom. The zero-order chi connectivity index (χ0) is 18.6. The topological polar surface area (TPSA) is 57.2 Å². The van der Waals surface area contributed by atoms with Gasteiger partial charge in [-0.25, -0.2) is 8.42 Å². The Kier molecular flexibility index (Phi) is 24.4. The van der Waals surface area contributed by atoms with Gasteiger partial charge in [0.1, 0.15) is 0 Å². The molecule has 26 heavy (non-hydrogen) atoms. The molecule has 0 rings (SSSR count). The van der Waals surface area contributed by atoms with Crippen molar-refractivity contribution in [2.24, 2.45) is 0 Å². The van der Waals surface area contributed by atoms with Crippen molar-refractivity contribution in [1.82, 2.24) is 0 Å². The predicted molar refractivity (Wildman–Crippen MR) is 108 cm³/mol. The molecule has 5 heteroatoms. The summed E-state index contributed by atoms with van der Waals surface area (Å²) in [5, 5.41) is 0. The summed E-state index contributed by atoms with van der Waals surface area (Å²) in [6.45, 7) is 2.27. The van der Waals surface area contributed by atoms with Gasteiger partial charge in [0, 0.05) is 0 Å². The van der Waals surface area contributed by atoms with E-state index in [2.05, 4.69) is 6.92 Å². The molecule has 3 nitrogen and oxygen atoms in total. The van der Waals surface area contributed by atoms with Crippen molar-refractivity contribution in [3.8, 4) is 0 Å². The first-order valence-corrected chi connectivity index (χ1v) is 12.2. The summed E-state index contributed by atoms with van der Waals surface area (Å²) in [6, 6.07) is 0. The molecule has 0 unspecified atom stereocenters. The molecule has 0 bridgehead atoms. The van der Waals surface area contributed by atoms with Crippen molar-refractivity contribution in [2.45, 2.75) is 116 Å². The summed E-state index contributed by atoms with van der Waals surface area (Å²) in [6.07, 6.45) is 25.9. The predicted octanol–water partition coefficient (Wildman–Crippen LogP) is 3.74. The van der Waals surface area contributed by atoms with Gasteiger partial charge in [0.05, 0.1) is 15.9 Å². The summed E-state index contributed by atoms with van der Waals surface area (Å²) >= 11 is 0. The maximum atomic E-state index is 10.4. The Morgan fingerprint density at radius 2 is 0.962 bits per heavy atom. The van der Waals surface area contributed by atoms with Gasteiger partial charge in [-0.2, -0.15) is 0 Å². The minimum Gasteiger partial charge on any atom is -0.748 e. The molecule has 150 valence electrons. The van der Waals surface area contributed by atoms with E-state index in [1.165, 1.54) is 102 Å². The molecule has 0 aromatic rings. The van der Waals surface area contributed by atoms with Crippen LogP contribution in [0.25, 0.3) is 0 Å². The van der Waals surface area contributed by atoms with E-state index in [0.29, 0.717) is 0 Å². The van der Waals surface area contributed by atoms with Gasteiger partial charge in [0.15, 0.2) is 0 Å². The van der Waals surface area contributed by atoms with Gasteiger partial charge < -0.3 is 4.55 Å². The molecule has 0 N–H and O–H groups in total. The summed E-state index contributed by atoms with van der Waals surface area (Å²) in [5.41, 5.74) is 0. The summed E-state index contributed by atoms with van der Waals surface area (Å²) < 4.78 is 31.2. The number of hydrogen-bond donors (Lipinski definition) is 0. The maximum absolute atomic E-state index is 10.4. The second-order valence-corrected chi connectivity index (χ2v) is 8.74. The minimum atomic E-state index is -4.08. The monoisotopic (exact) mass is 396 g/mol. The Labute approximate surface area is 185 Å². The van der Waals surface area contributed by atoms with Crippen LogP contribution in [0.2, 0.25) is 0 Å². The van der Waals surface area contributed by atoms with Gasteiger partial charge in [0.2, 0.25) is 0 Å². The third-order valence-electron chi connectivity index (χ3n) is 4.69. The van der Waals surface area contributed by atoms with Gasteiger partial charge in [-0.05, 0) is 12.8 Å². The molecule has 0 aliphatic heterocycles. The van der Waals surface area contributed by atoms with Crippen LogP contribution in [0.1, 0.15) is 116 Å². The fourth-order valence-corrected chi connectivity index (χ4v) is 3.49. The molecule has 0 aliphatic rings. The molecular formula is C21H41NaO3S. The average Bonchev–Trinajstić information content (AvgIpc) is 2.56. The third-order valence-corrected chi connectivity index (χ3v) is 5.29. The van der Waals surface area contributed by atoms with Crippen molar-refractivity contribution in [3.05, 3.63) is 12.2 Å². The van der Waals surface area contributed by atoms with Gasteiger partial charge in [-0.15, -0.1) is 0 Å². The number of rotatable bonds is 19. The summed E-state index contributed by atoms with van der Waals surface area (Å²) in [5.74, 6) is -0.369. The van der Waals surface area contributed by atoms with Crippen LogP contribution >= 0.6 is 0 Å². The van der Waals surface area contributed by atoms with Crippen LogP contribution < -0.4 is 29.6 Å². The van der Waals surface area contributed by atoms with Crippen LogP contribution in [-0.4, -0.2) is 18.7 Å². The van der Waals surface area contributed by atoms with E-state index in [9.17, 15) is 13.0 Å². The van der Waals surface area contributed by atoms with E-state index in [1.807, 2.05) is 6.08 Å². The summed E-state index contributed by atoms with van der Waals surface area (Å²) in [7, 11) is -4.08. The standard InChI is InChI=1S/C21H42O3S.Na/c1-2-3-4-5-6-7-8-9-10-11-12-13-14-15-16-17-18-19-20-21-25(22,23)24;/h19-20H,2-18,21H2,1H3,(H,22,23,24);/q;+1/p-1/b20-19+;. The van der Waals surface area contributed by atoms with Crippen LogP contribution in [0.4, 0.5) is 0 Å². The van der Waals surface area contributed by atoms with E-state index in [0.717, 1.165) is 12.8 Å². The Bertz CT molecular complexity index is 394. The van der Waals surface area contributed by atoms with Crippen molar-refractivity contribution >= 4 is 10.1 Å². The molecule has 0 spiro atoms. The van der Waals surface area contributed by atoms with Gasteiger partial charge in [-0.3, -0.25) is 0 Å². The molecule has 0 amide bonds. The first-order valence-electron chi connectivity index (χ1n) is 10.6. The minimum absolute atomic E-state index is 0. The largest absolute Gasteiger partial charge is 1.00 e. The van der Waals surface area contributed by atoms with E-state index in [-0.39, 0.29) is 35.3 Å². The van der Waals surface area contributed by atoms with Gasteiger partial charge in [-0.1, -0.05) is 115 Å². The fraction of sp³-hybridized carbons (Fsp3) is 0.905. The molecule has 0 heterocycles. The number of unbranched alkanes of at least 4 members (excludes halogenated alkanes) is 16. The van der Waals surface area contributed by atoms with Crippen molar-refractivity contribution < 1.29 is 42.5 Å². The van der Waals surface area contributed by atoms with E-state index >= 15 is 0 Å². The van der Waals surface area contributed by atoms with E-state index in [1.54, 1.807) is 0 Å². The second kappa shape index (κ2) is 21.9. The van der Waals surface area contributed by atoms with Gasteiger partial charge >= 0.3 is 29.6 Å². The van der Waals surface area contributed by atoms with Crippen LogP contribution in [0.5, 0.6) is 0 Å². The van der Waals surface area contributed by atoms with E-state index < -0.39 is 10.1 Å². The third kappa shape index (κ3) is 26.9. The zero-order valence-electron chi connectivity index (χ0n) is 17.5. The smallest absolute Gasteiger partial charge is 0.748 e.